The summed E-state index contributed by atoms with van der Waals surface area (Å²) < 4.78 is 25.3. The molecular formula is C24H27FN6O4. The maximum absolute atomic E-state index is 13.6. The molecule has 0 spiro atoms. The molecule has 4 N–H and O–H groups in total. The van der Waals surface area contributed by atoms with Gasteiger partial charge in [-0.1, -0.05) is 0 Å². The largest absolute Gasteiger partial charge is 0.395 e. The molecule has 10 nitrogen and oxygen atoms in total. The quantitative estimate of drug-likeness (QED) is 0.385. The molecular weight excluding hydrogens is 455 g/mol. The van der Waals surface area contributed by atoms with Gasteiger partial charge in [0.05, 0.1) is 42.3 Å². The number of aliphatic hydroxyl groups is 1. The van der Waals surface area contributed by atoms with E-state index in [2.05, 4.69) is 25.6 Å². The number of benzene rings is 1. The molecule has 0 bridgehead atoms. The van der Waals surface area contributed by atoms with Crippen LogP contribution < -0.4 is 10.6 Å². The van der Waals surface area contributed by atoms with Crippen LogP contribution in [-0.2, 0) is 14.3 Å². The number of anilines is 1. The summed E-state index contributed by atoms with van der Waals surface area (Å²) in [7, 11) is 0. The van der Waals surface area contributed by atoms with Gasteiger partial charge in [0.15, 0.2) is 5.82 Å². The van der Waals surface area contributed by atoms with Crippen LogP contribution in [0.1, 0.15) is 31.9 Å². The minimum atomic E-state index is -0.892. The average molecular weight is 483 g/mol. The summed E-state index contributed by atoms with van der Waals surface area (Å²) in [5, 5.41) is 14.9. The number of H-pyrrole nitrogens is 1. The third-order valence-corrected chi connectivity index (χ3v) is 5.94. The number of amides is 1. The topological polar surface area (TPSA) is 134 Å². The van der Waals surface area contributed by atoms with Gasteiger partial charge >= 0.3 is 0 Å². The normalized spacial score (nSPS) is 22.1. The van der Waals surface area contributed by atoms with Crippen LogP contribution in [0.5, 0.6) is 0 Å². The smallest absolute Gasteiger partial charge is 0.230 e. The summed E-state index contributed by atoms with van der Waals surface area (Å²) in [5.41, 5.74) is 1.61. The Bertz CT molecular complexity index is 1190. The lowest BCUT2D eigenvalue weighted by Crippen LogP contribution is -2.49. The van der Waals surface area contributed by atoms with Gasteiger partial charge in [-0.3, -0.25) is 4.79 Å². The second-order valence-corrected chi connectivity index (χ2v) is 9.03. The number of aliphatic hydroxyl groups excluding tert-OH is 1. The number of halogens is 1. The summed E-state index contributed by atoms with van der Waals surface area (Å²) >= 11 is 0. The van der Waals surface area contributed by atoms with Gasteiger partial charge in [0, 0.05) is 24.3 Å². The number of hydrogen-bond donors (Lipinski definition) is 4. The monoisotopic (exact) mass is 482 g/mol. The fourth-order valence-electron chi connectivity index (χ4n) is 3.76. The molecule has 1 aliphatic carbocycles. The number of hydrogen-bond acceptors (Lipinski definition) is 8. The highest BCUT2D eigenvalue weighted by molar-refractivity contribution is 5.82. The van der Waals surface area contributed by atoms with E-state index < -0.39 is 11.7 Å². The Morgan fingerprint density at radius 3 is 2.63 bits per heavy atom. The minimum Gasteiger partial charge on any atom is -0.395 e. The number of nitrogens with one attached hydrogen (secondary N) is 3. The molecule has 1 aliphatic heterocycles. The molecule has 0 unspecified atom stereocenters. The molecule has 2 fully saturated rings. The van der Waals surface area contributed by atoms with Gasteiger partial charge in [-0.15, -0.1) is 0 Å². The third kappa shape index (κ3) is 5.16. The Labute approximate surface area is 201 Å². The fourth-order valence-corrected chi connectivity index (χ4v) is 3.76. The van der Waals surface area contributed by atoms with Crippen LogP contribution in [-0.4, -0.2) is 63.4 Å². The van der Waals surface area contributed by atoms with Crippen molar-refractivity contribution in [3.05, 3.63) is 48.2 Å². The SMILES string of the molecule is CC1(C(=O)NCCO)COC(c2nc(-c3ccc(F)cc3)c(-c3ccnc(NC4CC4)n3)[nH]2)OC1. The van der Waals surface area contributed by atoms with Crippen molar-refractivity contribution < 1.29 is 23.8 Å². The first-order valence-electron chi connectivity index (χ1n) is 11.5. The number of imidazole rings is 1. The van der Waals surface area contributed by atoms with Crippen LogP contribution in [0.4, 0.5) is 10.3 Å². The summed E-state index contributed by atoms with van der Waals surface area (Å²) in [5.74, 6) is 0.337. The molecule has 0 atom stereocenters. The lowest BCUT2D eigenvalue weighted by atomic mass is 9.91. The number of aromatic nitrogens is 4. The summed E-state index contributed by atoms with van der Waals surface area (Å²) in [6.07, 6.45) is 3.03. The first-order chi connectivity index (χ1) is 16.9. The summed E-state index contributed by atoms with van der Waals surface area (Å²) in [4.78, 5) is 29.3. The number of nitrogens with zero attached hydrogens (tertiary/aromatic N) is 3. The fraction of sp³-hybridized carbons (Fsp3) is 0.417. The van der Waals surface area contributed by atoms with Gasteiger partial charge in [-0.05, 0) is 50.1 Å². The minimum absolute atomic E-state index is 0.111. The van der Waals surface area contributed by atoms with E-state index in [0.717, 1.165) is 12.8 Å². The predicted molar refractivity (Wildman–Crippen MR) is 124 cm³/mol. The zero-order chi connectivity index (χ0) is 24.4. The van der Waals surface area contributed by atoms with Gasteiger partial charge in [0.2, 0.25) is 18.1 Å². The second kappa shape index (κ2) is 9.68. The molecule has 35 heavy (non-hydrogen) atoms. The van der Waals surface area contributed by atoms with Crippen molar-refractivity contribution in [3.63, 3.8) is 0 Å². The lowest BCUT2D eigenvalue weighted by Gasteiger charge is -2.35. The maximum atomic E-state index is 13.6. The Kier molecular flexibility index (Phi) is 6.46. The number of carbonyl (C=O) groups excluding carboxylic acids is 1. The van der Waals surface area contributed by atoms with Gasteiger partial charge in [0.1, 0.15) is 5.82 Å². The standard InChI is InChI=1S/C24H27FN6O4/c1-24(22(33)26-10-11-32)12-34-21(35-13-24)20-30-18(14-2-4-15(25)5-3-14)19(31-20)17-8-9-27-23(29-17)28-16-6-7-16/h2-5,8-9,16,21,32H,6-7,10-13H2,1H3,(H,26,33)(H,30,31)(H,27,28,29). The number of carbonyl (C=O) groups is 1. The maximum Gasteiger partial charge on any atom is 0.230 e. The van der Waals surface area contributed by atoms with Crippen molar-refractivity contribution in [1.29, 1.82) is 0 Å². The van der Waals surface area contributed by atoms with E-state index in [4.69, 9.17) is 19.6 Å². The average Bonchev–Trinajstić information content (AvgIpc) is 3.57. The molecule has 0 radical (unpaired) electrons. The van der Waals surface area contributed by atoms with Crippen LogP contribution in [0, 0.1) is 11.2 Å². The molecule has 1 aromatic carbocycles. The van der Waals surface area contributed by atoms with Crippen molar-refractivity contribution in [2.45, 2.75) is 32.1 Å². The van der Waals surface area contributed by atoms with Crippen molar-refractivity contribution in [3.8, 4) is 22.6 Å². The van der Waals surface area contributed by atoms with Crippen molar-refractivity contribution in [1.82, 2.24) is 25.3 Å². The number of aromatic amines is 1. The van der Waals surface area contributed by atoms with Crippen LogP contribution in [0.3, 0.4) is 0 Å². The molecule has 11 heteroatoms. The Morgan fingerprint density at radius 1 is 1.20 bits per heavy atom. The van der Waals surface area contributed by atoms with Crippen molar-refractivity contribution >= 4 is 11.9 Å². The first-order valence-corrected chi connectivity index (χ1v) is 11.5. The van der Waals surface area contributed by atoms with Crippen molar-refractivity contribution in [2.75, 3.05) is 31.7 Å². The highest BCUT2D eigenvalue weighted by Gasteiger charge is 2.40. The highest BCUT2D eigenvalue weighted by atomic mass is 19.1. The molecule has 3 heterocycles. The Morgan fingerprint density at radius 2 is 1.94 bits per heavy atom. The molecule has 1 saturated heterocycles. The van der Waals surface area contributed by atoms with Gasteiger partial charge in [-0.2, -0.15) is 0 Å². The number of ether oxygens (including phenoxy) is 2. The van der Waals surface area contributed by atoms with E-state index in [1.54, 1.807) is 31.3 Å². The molecule has 3 aromatic rings. The number of rotatable bonds is 8. The van der Waals surface area contributed by atoms with Gasteiger partial charge in [-0.25, -0.2) is 19.3 Å². The first kappa shape index (κ1) is 23.3. The van der Waals surface area contributed by atoms with Crippen LogP contribution in [0.15, 0.2) is 36.5 Å². The second-order valence-electron chi connectivity index (χ2n) is 9.03. The van der Waals surface area contributed by atoms with E-state index in [1.165, 1.54) is 12.1 Å². The van der Waals surface area contributed by atoms with Crippen LogP contribution in [0.2, 0.25) is 0 Å². The van der Waals surface area contributed by atoms with E-state index in [1.807, 2.05) is 0 Å². The zero-order valence-corrected chi connectivity index (χ0v) is 19.3. The molecule has 1 amide bonds. The molecule has 2 aromatic heterocycles. The molecule has 2 aliphatic rings. The summed E-state index contributed by atoms with van der Waals surface area (Å²) in [6, 6.07) is 8.21. The lowest BCUT2D eigenvalue weighted by molar-refractivity contribution is -0.231. The van der Waals surface area contributed by atoms with E-state index in [0.29, 0.717) is 40.5 Å². The van der Waals surface area contributed by atoms with Gasteiger partial charge in [0.25, 0.3) is 0 Å². The Balaban J connectivity index is 1.42. The van der Waals surface area contributed by atoms with E-state index >= 15 is 0 Å². The molecule has 184 valence electrons. The van der Waals surface area contributed by atoms with Crippen LogP contribution in [0.25, 0.3) is 22.6 Å². The molecule has 1 saturated carbocycles. The van der Waals surface area contributed by atoms with Crippen molar-refractivity contribution in [2.24, 2.45) is 5.41 Å². The third-order valence-electron chi connectivity index (χ3n) is 5.94. The van der Waals surface area contributed by atoms with E-state index in [9.17, 15) is 9.18 Å². The highest BCUT2D eigenvalue weighted by Crippen LogP contribution is 2.35. The van der Waals surface area contributed by atoms with Crippen LogP contribution >= 0.6 is 0 Å². The summed E-state index contributed by atoms with van der Waals surface area (Å²) in [6.45, 7) is 1.98. The molecule has 5 rings (SSSR count). The predicted octanol–water partition coefficient (Wildman–Crippen LogP) is 2.41. The van der Waals surface area contributed by atoms with Gasteiger partial charge < -0.3 is 30.2 Å². The van der Waals surface area contributed by atoms with E-state index in [-0.39, 0.29) is 38.1 Å². The zero-order valence-electron chi connectivity index (χ0n) is 19.3. The Hall–Kier alpha value is -3.41.